The van der Waals surface area contributed by atoms with E-state index in [4.69, 9.17) is 0 Å². The number of hydrogen-bond donors (Lipinski definition) is 1. The maximum absolute atomic E-state index is 12.3. The summed E-state index contributed by atoms with van der Waals surface area (Å²) < 4.78 is 2.09. The molecule has 0 atom stereocenters. The van der Waals surface area contributed by atoms with Crippen LogP contribution in [0.2, 0.25) is 0 Å². The molecule has 3 aromatic rings. The second-order valence-electron chi connectivity index (χ2n) is 6.42. The van der Waals surface area contributed by atoms with Crippen LogP contribution in [0, 0.1) is 0 Å². The number of benzene rings is 1. The standard InChI is InChI=1S/C19H24N6O2S/c1-4-10-20-15(26)11-24(3)16(27)12-28-19-21-18-17(22-23-19)13-8-6-7-9-14(13)25(18)5-2/h6-9H,4-5,10-12H2,1-3H3,(H,20,26). The number of aromatic nitrogens is 4. The minimum absolute atomic E-state index is 0.0433. The predicted octanol–water partition coefficient (Wildman–Crippen LogP) is 2.08. The largest absolute Gasteiger partial charge is 0.355 e. The fourth-order valence-corrected chi connectivity index (χ4v) is 3.65. The number of rotatable bonds is 8. The van der Waals surface area contributed by atoms with Crippen molar-refractivity contribution in [1.29, 1.82) is 0 Å². The van der Waals surface area contributed by atoms with Crippen LogP contribution in [0.5, 0.6) is 0 Å². The van der Waals surface area contributed by atoms with Crippen molar-refractivity contribution in [3.63, 3.8) is 0 Å². The lowest BCUT2D eigenvalue weighted by molar-refractivity contribution is -0.132. The van der Waals surface area contributed by atoms with Gasteiger partial charge in [-0.25, -0.2) is 4.98 Å². The van der Waals surface area contributed by atoms with Crippen molar-refractivity contribution in [3.05, 3.63) is 24.3 Å². The van der Waals surface area contributed by atoms with Crippen molar-refractivity contribution < 1.29 is 9.59 Å². The van der Waals surface area contributed by atoms with Gasteiger partial charge in [0.25, 0.3) is 0 Å². The van der Waals surface area contributed by atoms with Gasteiger partial charge in [-0.05, 0) is 19.4 Å². The third-order valence-corrected chi connectivity index (χ3v) is 5.20. The Balaban J connectivity index is 1.70. The van der Waals surface area contributed by atoms with Crippen LogP contribution in [-0.4, -0.2) is 62.4 Å². The average Bonchev–Trinajstić information content (AvgIpc) is 3.03. The summed E-state index contributed by atoms with van der Waals surface area (Å²) in [4.78, 5) is 30.1. The Hall–Kier alpha value is -2.68. The molecule has 148 valence electrons. The highest BCUT2D eigenvalue weighted by atomic mass is 32.2. The average molecular weight is 401 g/mol. The van der Waals surface area contributed by atoms with Gasteiger partial charge >= 0.3 is 0 Å². The fraction of sp³-hybridized carbons (Fsp3) is 0.421. The molecule has 0 unspecified atom stereocenters. The number of nitrogens with zero attached hydrogens (tertiary/aromatic N) is 5. The van der Waals surface area contributed by atoms with Crippen LogP contribution in [0.25, 0.3) is 22.1 Å². The Bertz CT molecular complexity index is 1000. The summed E-state index contributed by atoms with van der Waals surface area (Å²) in [5.41, 5.74) is 2.59. The van der Waals surface area contributed by atoms with Crippen molar-refractivity contribution in [2.24, 2.45) is 0 Å². The number of amides is 2. The number of hydrogen-bond acceptors (Lipinski definition) is 6. The SMILES string of the molecule is CCCNC(=O)CN(C)C(=O)CSc1nnc2c3ccccc3n(CC)c2n1. The molecule has 0 aliphatic heterocycles. The molecule has 0 saturated heterocycles. The Labute approximate surface area is 167 Å². The van der Waals surface area contributed by atoms with E-state index in [1.165, 1.54) is 16.7 Å². The summed E-state index contributed by atoms with van der Waals surface area (Å²) in [5, 5.41) is 12.7. The second kappa shape index (κ2) is 9.01. The zero-order chi connectivity index (χ0) is 20.1. The van der Waals surface area contributed by atoms with Gasteiger partial charge in [0.1, 0.15) is 5.52 Å². The summed E-state index contributed by atoms with van der Waals surface area (Å²) in [6, 6.07) is 8.01. The van der Waals surface area contributed by atoms with Gasteiger partial charge in [-0.1, -0.05) is 36.9 Å². The topological polar surface area (TPSA) is 93.0 Å². The van der Waals surface area contributed by atoms with Crippen LogP contribution in [0.15, 0.2) is 29.4 Å². The first-order valence-corrected chi connectivity index (χ1v) is 10.3. The number of carbonyl (C=O) groups is 2. The molecule has 0 spiro atoms. The van der Waals surface area contributed by atoms with Gasteiger partial charge in [-0.3, -0.25) is 9.59 Å². The fourth-order valence-electron chi connectivity index (χ4n) is 2.93. The van der Waals surface area contributed by atoms with Gasteiger partial charge < -0.3 is 14.8 Å². The van der Waals surface area contributed by atoms with Gasteiger partial charge in [-0.15, -0.1) is 10.2 Å². The lowest BCUT2D eigenvalue weighted by Crippen LogP contribution is -2.39. The molecule has 0 aliphatic rings. The number of thioether (sulfide) groups is 1. The number of para-hydroxylation sites is 1. The molecular weight excluding hydrogens is 376 g/mol. The smallest absolute Gasteiger partial charge is 0.239 e. The van der Waals surface area contributed by atoms with Crippen LogP contribution in [0.3, 0.4) is 0 Å². The highest BCUT2D eigenvalue weighted by Crippen LogP contribution is 2.26. The first kappa shape index (κ1) is 20.1. The Morgan fingerprint density at radius 2 is 2.00 bits per heavy atom. The van der Waals surface area contributed by atoms with Gasteiger partial charge in [0.05, 0.1) is 17.8 Å². The van der Waals surface area contributed by atoms with E-state index in [-0.39, 0.29) is 24.1 Å². The van der Waals surface area contributed by atoms with E-state index in [1.807, 2.05) is 31.2 Å². The van der Waals surface area contributed by atoms with Crippen molar-refractivity contribution in [1.82, 2.24) is 30.0 Å². The van der Waals surface area contributed by atoms with Crippen LogP contribution < -0.4 is 5.32 Å². The third kappa shape index (κ3) is 4.24. The predicted molar refractivity (Wildman–Crippen MR) is 110 cm³/mol. The number of carbonyl (C=O) groups excluding carboxylic acids is 2. The maximum Gasteiger partial charge on any atom is 0.239 e. The number of aryl methyl sites for hydroxylation is 1. The molecule has 2 aromatic heterocycles. The summed E-state index contributed by atoms with van der Waals surface area (Å²) in [5.74, 6) is -0.164. The van der Waals surface area contributed by atoms with E-state index in [2.05, 4.69) is 32.0 Å². The number of nitrogens with one attached hydrogen (secondary N) is 1. The van der Waals surface area contributed by atoms with Crippen LogP contribution in [-0.2, 0) is 16.1 Å². The lowest BCUT2D eigenvalue weighted by Gasteiger charge is -2.16. The minimum Gasteiger partial charge on any atom is -0.355 e. The molecular formula is C19H24N6O2S. The number of likely N-dealkylation sites (N-methyl/N-ethyl adjacent to an activating group) is 1. The highest BCUT2D eigenvalue weighted by Gasteiger charge is 2.16. The molecule has 3 rings (SSSR count). The molecule has 9 heteroatoms. The van der Waals surface area contributed by atoms with E-state index >= 15 is 0 Å². The van der Waals surface area contributed by atoms with Gasteiger partial charge in [-0.2, -0.15) is 0 Å². The Morgan fingerprint density at radius 1 is 1.21 bits per heavy atom. The molecule has 0 radical (unpaired) electrons. The molecule has 2 amide bonds. The van der Waals surface area contributed by atoms with Crippen molar-refractivity contribution in [2.75, 3.05) is 25.9 Å². The molecule has 0 bridgehead atoms. The van der Waals surface area contributed by atoms with E-state index in [0.29, 0.717) is 11.7 Å². The van der Waals surface area contributed by atoms with E-state index < -0.39 is 0 Å². The first-order chi connectivity index (χ1) is 13.5. The van der Waals surface area contributed by atoms with Crippen molar-refractivity contribution in [2.45, 2.75) is 32.0 Å². The molecule has 28 heavy (non-hydrogen) atoms. The van der Waals surface area contributed by atoms with E-state index in [9.17, 15) is 9.59 Å². The summed E-state index contributed by atoms with van der Waals surface area (Å²) in [6.45, 7) is 5.46. The molecule has 1 aromatic carbocycles. The Morgan fingerprint density at radius 3 is 2.75 bits per heavy atom. The summed E-state index contributed by atoms with van der Waals surface area (Å²) >= 11 is 1.22. The maximum atomic E-state index is 12.3. The zero-order valence-electron chi connectivity index (χ0n) is 16.3. The van der Waals surface area contributed by atoms with Gasteiger partial charge in [0.2, 0.25) is 17.0 Å². The molecule has 0 fully saturated rings. The van der Waals surface area contributed by atoms with Crippen LogP contribution in [0.1, 0.15) is 20.3 Å². The molecule has 0 saturated carbocycles. The Kier molecular flexibility index (Phi) is 6.45. The minimum atomic E-state index is -0.158. The lowest BCUT2D eigenvalue weighted by atomic mass is 10.2. The second-order valence-corrected chi connectivity index (χ2v) is 7.36. The van der Waals surface area contributed by atoms with Crippen molar-refractivity contribution >= 4 is 45.6 Å². The first-order valence-electron chi connectivity index (χ1n) is 9.30. The molecule has 0 aliphatic carbocycles. The number of fused-ring (bicyclic) bond motifs is 3. The van der Waals surface area contributed by atoms with Gasteiger partial charge in [0.15, 0.2) is 5.65 Å². The molecule has 1 N–H and O–H groups in total. The van der Waals surface area contributed by atoms with Crippen LogP contribution in [0.4, 0.5) is 0 Å². The van der Waals surface area contributed by atoms with E-state index in [1.54, 1.807) is 7.05 Å². The molecule has 8 nitrogen and oxygen atoms in total. The molecule has 2 heterocycles. The summed E-state index contributed by atoms with van der Waals surface area (Å²) in [6.07, 6.45) is 0.862. The van der Waals surface area contributed by atoms with E-state index in [0.717, 1.165) is 35.0 Å². The normalized spacial score (nSPS) is 11.1. The van der Waals surface area contributed by atoms with Gasteiger partial charge in [0, 0.05) is 25.5 Å². The van der Waals surface area contributed by atoms with Crippen LogP contribution >= 0.6 is 11.8 Å². The highest BCUT2D eigenvalue weighted by molar-refractivity contribution is 7.99. The third-order valence-electron chi connectivity index (χ3n) is 4.37. The quantitative estimate of drug-likeness (QED) is 0.582. The summed E-state index contributed by atoms with van der Waals surface area (Å²) in [7, 11) is 1.62. The monoisotopic (exact) mass is 400 g/mol. The zero-order valence-corrected chi connectivity index (χ0v) is 17.1. The van der Waals surface area contributed by atoms with Crippen molar-refractivity contribution in [3.8, 4) is 0 Å².